The Hall–Kier alpha value is -2.44. The molecule has 0 aromatic heterocycles. The van der Waals surface area contributed by atoms with Crippen LogP contribution in [0.25, 0.3) is 0 Å². The molecule has 2 aromatic carbocycles. The van der Waals surface area contributed by atoms with Gasteiger partial charge in [0.2, 0.25) is 0 Å². The van der Waals surface area contributed by atoms with Crippen molar-refractivity contribution in [2.45, 2.75) is 37.5 Å². The van der Waals surface area contributed by atoms with Gasteiger partial charge in [0.1, 0.15) is 12.0 Å². The quantitative estimate of drug-likeness (QED) is 0.769. The van der Waals surface area contributed by atoms with Gasteiger partial charge in [-0.25, -0.2) is 4.39 Å². The van der Waals surface area contributed by atoms with E-state index in [4.69, 9.17) is 0 Å². The molecule has 3 atom stereocenters. The number of carbonyl (C=O) groups is 1. The number of carbonyl (C=O) groups excluding carboxylic acids is 1. The number of ketones is 1. The highest BCUT2D eigenvalue weighted by Crippen LogP contribution is 2.51. The summed E-state index contributed by atoms with van der Waals surface area (Å²) in [5.74, 6) is 0.209. The number of Topliss-reactive ketones (excluding diaryl/α,β-unsaturated/α-hetero) is 1. The molecule has 0 amide bonds. The highest BCUT2D eigenvalue weighted by atomic mass is 19.1. The van der Waals surface area contributed by atoms with E-state index in [-0.39, 0.29) is 11.6 Å². The van der Waals surface area contributed by atoms with Crippen LogP contribution < -0.4 is 9.80 Å². The third-order valence-corrected chi connectivity index (χ3v) is 7.02. The lowest BCUT2D eigenvalue weighted by Gasteiger charge is -2.43. The zero-order valence-electron chi connectivity index (χ0n) is 17.3. The molecule has 30 heavy (non-hydrogen) atoms. The van der Waals surface area contributed by atoms with Crippen molar-refractivity contribution in [2.75, 3.05) is 43.0 Å². The molecule has 2 aromatic rings. The van der Waals surface area contributed by atoms with Crippen LogP contribution in [-0.2, 0) is 0 Å². The molecule has 5 nitrogen and oxygen atoms in total. The van der Waals surface area contributed by atoms with E-state index >= 15 is 0 Å². The predicted octanol–water partition coefficient (Wildman–Crippen LogP) is 3.23. The molecule has 0 radical (unpaired) electrons. The number of benzene rings is 2. The number of hydrogen-bond donors (Lipinski definition) is 1. The highest BCUT2D eigenvalue weighted by molar-refractivity contribution is 5.95. The number of fused-ring (bicyclic) bond motifs is 3. The van der Waals surface area contributed by atoms with Crippen molar-refractivity contribution in [3.63, 3.8) is 0 Å². The number of rotatable bonds is 5. The molecular weight excluding hydrogens is 381 g/mol. The maximum atomic E-state index is 13.0. The molecule has 3 aliphatic rings. The maximum absolute atomic E-state index is 13.0. The van der Waals surface area contributed by atoms with Crippen LogP contribution in [0.3, 0.4) is 0 Å². The minimum Gasteiger partial charge on any atom is -0.372 e. The summed E-state index contributed by atoms with van der Waals surface area (Å²) in [5.41, 5.74) is 4.40. The Labute approximate surface area is 176 Å². The second kappa shape index (κ2) is 7.67. The largest absolute Gasteiger partial charge is 0.372 e. The maximum Gasteiger partial charge on any atom is 0.162 e. The zero-order valence-corrected chi connectivity index (χ0v) is 17.3. The Morgan fingerprint density at radius 1 is 1.17 bits per heavy atom. The standard InChI is InChI=1S/C24H28FN3O2/c1-26-21-5-2-4-18-19-14-27(13-11-20(19)28(24(18)21)15-23(26)30)12-3-6-22(29)16-7-9-17(25)10-8-16/h2,4-5,7-10,19-20,23,30H,3,6,11-15H2,1H3/t19-,20-,23?/m0/s1. The molecule has 1 saturated heterocycles. The fourth-order valence-corrected chi connectivity index (χ4v) is 5.43. The minimum atomic E-state index is -0.470. The molecule has 3 heterocycles. The van der Waals surface area contributed by atoms with Gasteiger partial charge in [0.05, 0.1) is 17.9 Å². The van der Waals surface area contributed by atoms with Crippen molar-refractivity contribution in [3.8, 4) is 0 Å². The van der Waals surface area contributed by atoms with Crippen LogP contribution in [0.4, 0.5) is 15.8 Å². The van der Waals surface area contributed by atoms with Crippen LogP contribution in [0.2, 0.25) is 0 Å². The normalized spacial score (nSPS) is 25.2. The van der Waals surface area contributed by atoms with Crippen LogP contribution in [0.15, 0.2) is 42.5 Å². The molecule has 0 saturated carbocycles. The first-order valence-electron chi connectivity index (χ1n) is 10.8. The number of hydrogen-bond acceptors (Lipinski definition) is 5. The van der Waals surface area contributed by atoms with Gasteiger partial charge in [-0.2, -0.15) is 0 Å². The molecule has 0 aliphatic carbocycles. The lowest BCUT2D eigenvalue weighted by molar-refractivity contribution is 0.0970. The molecule has 5 rings (SSSR count). The number of para-hydroxylation sites is 1. The van der Waals surface area contributed by atoms with Crippen molar-refractivity contribution in [2.24, 2.45) is 0 Å². The lowest BCUT2D eigenvalue weighted by atomic mass is 9.89. The highest BCUT2D eigenvalue weighted by Gasteiger charge is 2.46. The van der Waals surface area contributed by atoms with E-state index in [1.54, 1.807) is 12.1 Å². The van der Waals surface area contributed by atoms with E-state index < -0.39 is 6.23 Å². The number of piperidine rings is 1. The molecule has 1 unspecified atom stereocenters. The van der Waals surface area contributed by atoms with Gasteiger partial charge in [0, 0.05) is 44.1 Å². The van der Waals surface area contributed by atoms with Gasteiger partial charge in [-0.15, -0.1) is 0 Å². The fourth-order valence-electron chi connectivity index (χ4n) is 5.43. The minimum absolute atomic E-state index is 0.0785. The van der Waals surface area contributed by atoms with E-state index in [2.05, 4.69) is 28.0 Å². The molecule has 0 bridgehead atoms. The Balaban J connectivity index is 1.23. The summed E-state index contributed by atoms with van der Waals surface area (Å²) in [6, 6.07) is 12.7. The van der Waals surface area contributed by atoms with E-state index in [9.17, 15) is 14.3 Å². The van der Waals surface area contributed by atoms with Gasteiger partial charge in [0.15, 0.2) is 5.78 Å². The summed E-state index contributed by atoms with van der Waals surface area (Å²) in [6.07, 6.45) is 1.90. The second-order valence-corrected chi connectivity index (χ2v) is 8.76. The van der Waals surface area contributed by atoms with E-state index in [1.807, 2.05) is 11.9 Å². The van der Waals surface area contributed by atoms with Crippen LogP contribution in [0.1, 0.15) is 41.1 Å². The van der Waals surface area contributed by atoms with Crippen LogP contribution in [-0.4, -0.2) is 61.3 Å². The first-order chi connectivity index (χ1) is 14.5. The van der Waals surface area contributed by atoms with Gasteiger partial charge in [-0.1, -0.05) is 12.1 Å². The van der Waals surface area contributed by atoms with E-state index in [0.29, 0.717) is 30.5 Å². The average molecular weight is 410 g/mol. The molecule has 6 heteroatoms. The third kappa shape index (κ3) is 3.28. The number of anilines is 2. The van der Waals surface area contributed by atoms with Crippen molar-refractivity contribution >= 4 is 17.2 Å². The molecule has 158 valence electrons. The first-order valence-corrected chi connectivity index (χ1v) is 10.8. The number of aliphatic hydroxyl groups excluding tert-OH is 1. The summed E-state index contributed by atoms with van der Waals surface area (Å²) in [5, 5.41) is 10.5. The van der Waals surface area contributed by atoms with Gasteiger partial charge < -0.3 is 19.8 Å². The molecule has 1 N–H and O–H groups in total. The Morgan fingerprint density at radius 2 is 1.97 bits per heavy atom. The molecule has 0 spiro atoms. The van der Waals surface area contributed by atoms with Crippen LogP contribution in [0.5, 0.6) is 0 Å². The van der Waals surface area contributed by atoms with Gasteiger partial charge in [0.25, 0.3) is 0 Å². The number of nitrogens with zero attached hydrogens (tertiary/aromatic N) is 3. The third-order valence-electron chi connectivity index (χ3n) is 7.02. The zero-order chi connectivity index (χ0) is 20.8. The van der Waals surface area contributed by atoms with Crippen molar-refractivity contribution in [1.29, 1.82) is 0 Å². The summed E-state index contributed by atoms with van der Waals surface area (Å²) in [6.45, 7) is 3.56. The lowest BCUT2D eigenvalue weighted by Crippen LogP contribution is -2.52. The van der Waals surface area contributed by atoms with E-state index in [1.165, 1.54) is 23.4 Å². The van der Waals surface area contributed by atoms with Gasteiger partial charge >= 0.3 is 0 Å². The number of likely N-dealkylation sites (tertiary alicyclic amines) is 1. The number of halogens is 1. The van der Waals surface area contributed by atoms with Crippen LogP contribution in [0, 0.1) is 5.82 Å². The SMILES string of the molecule is CN1c2cccc3c2N(CC1O)[C@H]1CCN(CCCC(=O)c2ccc(F)cc2)C[C@@H]31. The first kappa shape index (κ1) is 19.5. The number of aliphatic hydroxyl groups is 1. The van der Waals surface area contributed by atoms with Crippen molar-refractivity contribution in [1.82, 2.24) is 4.90 Å². The average Bonchev–Trinajstić information content (AvgIpc) is 3.06. The summed E-state index contributed by atoms with van der Waals surface area (Å²) in [4.78, 5) is 19.2. The van der Waals surface area contributed by atoms with Crippen LogP contribution >= 0.6 is 0 Å². The van der Waals surface area contributed by atoms with Gasteiger partial charge in [-0.05, 0) is 55.3 Å². The Kier molecular flexibility index (Phi) is 4.99. The molecule has 1 fully saturated rings. The monoisotopic (exact) mass is 409 g/mol. The summed E-state index contributed by atoms with van der Waals surface area (Å²) < 4.78 is 13.0. The predicted molar refractivity (Wildman–Crippen MR) is 116 cm³/mol. The molecular formula is C24H28FN3O2. The Morgan fingerprint density at radius 3 is 2.77 bits per heavy atom. The second-order valence-electron chi connectivity index (χ2n) is 8.76. The smallest absolute Gasteiger partial charge is 0.162 e. The number of likely N-dealkylation sites (N-methyl/N-ethyl adjacent to an activating group) is 1. The van der Waals surface area contributed by atoms with E-state index in [0.717, 1.165) is 38.2 Å². The van der Waals surface area contributed by atoms with Crippen molar-refractivity contribution in [3.05, 3.63) is 59.4 Å². The summed E-state index contributed by atoms with van der Waals surface area (Å²) in [7, 11) is 1.96. The molecule has 3 aliphatic heterocycles. The fraction of sp³-hybridized carbons (Fsp3) is 0.458. The topological polar surface area (TPSA) is 47.0 Å². The van der Waals surface area contributed by atoms with Gasteiger partial charge in [-0.3, -0.25) is 4.79 Å². The Bertz CT molecular complexity index is 948. The summed E-state index contributed by atoms with van der Waals surface area (Å²) >= 11 is 0. The van der Waals surface area contributed by atoms with Crippen molar-refractivity contribution < 1.29 is 14.3 Å².